The molecule has 0 bridgehead atoms. The number of hydrogen-bond donors (Lipinski definition) is 2. The second kappa shape index (κ2) is 10.1. The van der Waals surface area contributed by atoms with Gasteiger partial charge in [0.2, 0.25) is 5.95 Å². The number of nitrogens with zero attached hydrogens (tertiary/aromatic N) is 3. The lowest BCUT2D eigenvalue weighted by Crippen LogP contribution is -2.50. The van der Waals surface area contributed by atoms with Crippen LogP contribution in [0.15, 0.2) is 73.1 Å². The maximum absolute atomic E-state index is 12.8. The number of carbonyl (C=O) groups is 2. The van der Waals surface area contributed by atoms with Gasteiger partial charge in [0.05, 0.1) is 17.7 Å². The Morgan fingerprint density at radius 2 is 1.58 bits per heavy atom. The molecule has 3 aromatic rings. The van der Waals surface area contributed by atoms with Crippen LogP contribution in [0.3, 0.4) is 0 Å². The molecule has 0 spiro atoms. The van der Waals surface area contributed by atoms with E-state index in [0.29, 0.717) is 44.0 Å². The van der Waals surface area contributed by atoms with Crippen LogP contribution in [-0.4, -0.2) is 46.6 Å². The molecule has 4 rings (SSSR count). The highest BCUT2D eigenvalue weighted by Gasteiger charge is 2.38. The maximum Gasteiger partial charge on any atom is 0.341 e. The predicted octanol–water partition coefficient (Wildman–Crippen LogP) is 4.29. The molecule has 0 radical (unpaired) electrons. The third-order valence-corrected chi connectivity index (χ3v) is 5.77. The van der Waals surface area contributed by atoms with E-state index in [4.69, 9.17) is 4.74 Å². The number of amides is 2. The third kappa shape index (κ3) is 5.28. The molecule has 1 fully saturated rings. The molecule has 33 heavy (non-hydrogen) atoms. The Morgan fingerprint density at radius 3 is 2.18 bits per heavy atom. The Kier molecular flexibility index (Phi) is 6.83. The molecule has 0 saturated carbocycles. The first-order valence-corrected chi connectivity index (χ1v) is 11.0. The van der Waals surface area contributed by atoms with Gasteiger partial charge in [0.25, 0.3) is 0 Å². The molecule has 2 heterocycles. The molecule has 0 atom stereocenters. The highest BCUT2D eigenvalue weighted by molar-refractivity contribution is 5.89. The maximum atomic E-state index is 12.8. The zero-order valence-corrected chi connectivity index (χ0v) is 18.5. The fourth-order valence-corrected chi connectivity index (χ4v) is 3.99. The van der Waals surface area contributed by atoms with Gasteiger partial charge in [0.1, 0.15) is 0 Å². The van der Waals surface area contributed by atoms with Crippen LogP contribution in [0.4, 0.5) is 16.4 Å². The Labute approximate surface area is 193 Å². The largest absolute Gasteiger partial charge is 0.462 e. The second-order valence-corrected chi connectivity index (χ2v) is 7.87. The lowest BCUT2D eigenvalue weighted by Gasteiger charge is -2.42. The summed E-state index contributed by atoms with van der Waals surface area (Å²) in [6.07, 6.45) is 4.30. The normalized spacial score (nSPS) is 14.9. The van der Waals surface area contributed by atoms with E-state index < -0.39 is 11.5 Å². The van der Waals surface area contributed by atoms with Crippen molar-refractivity contribution in [2.45, 2.75) is 25.3 Å². The van der Waals surface area contributed by atoms with E-state index in [1.165, 1.54) is 12.4 Å². The summed E-state index contributed by atoms with van der Waals surface area (Å²) in [5, 5.41) is 6.44. The van der Waals surface area contributed by atoms with Crippen LogP contribution in [0.1, 0.15) is 35.7 Å². The van der Waals surface area contributed by atoms with Crippen molar-refractivity contribution in [2.24, 2.45) is 0 Å². The molecule has 170 valence electrons. The van der Waals surface area contributed by atoms with Crippen LogP contribution in [0.25, 0.3) is 0 Å². The van der Waals surface area contributed by atoms with Gasteiger partial charge in [-0.2, -0.15) is 0 Å². The predicted molar refractivity (Wildman–Crippen MR) is 126 cm³/mol. The molecule has 0 aliphatic carbocycles. The van der Waals surface area contributed by atoms with Gasteiger partial charge in [-0.3, -0.25) is 0 Å². The van der Waals surface area contributed by atoms with Crippen molar-refractivity contribution in [1.29, 1.82) is 0 Å². The van der Waals surface area contributed by atoms with Gasteiger partial charge in [-0.05, 0) is 37.5 Å². The summed E-state index contributed by atoms with van der Waals surface area (Å²) in [5.41, 5.74) is 1.75. The number of nitrogens with one attached hydrogen (secondary N) is 2. The number of benzene rings is 2. The molecule has 1 aliphatic heterocycles. The van der Waals surface area contributed by atoms with Crippen molar-refractivity contribution < 1.29 is 14.3 Å². The number of anilines is 2. The zero-order chi connectivity index (χ0) is 23.1. The number of aromatic nitrogens is 2. The first kappa shape index (κ1) is 22.3. The SMILES string of the molecule is CCOC(=O)c1cnc(NC2(c3ccccc3)CCN(C(=O)Nc3ccccc3)CC2)nc1. The molecular weight excluding hydrogens is 418 g/mol. The number of piperidine rings is 1. The minimum absolute atomic E-state index is 0.113. The molecule has 8 nitrogen and oxygen atoms in total. The van der Waals surface area contributed by atoms with E-state index >= 15 is 0 Å². The Hall–Kier alpha value is -3.94. The first-order valence-electron chi connectivity index (χ1n) is 11.0. The molecule has 2 aromatic carbocycles. The fraction of sp³-hybridized carbons (Fsp3) is 0.280. The van der Waals surface area contributed by atoms with Crippen molar-refractivity contribution in [2.75, 3.05) is 30.3 Å². The third-order valence-electron chi connectivity index (χ3n) is 5.77. The van der Waals surface area contributed by atoms with Crippen LogP contribution >= 0.6 is 0 Å². The minimum atomic E-state index is -0.445. The van der Waals surface area contributed by atoms with Crippen molar-refractivity contribution >= 4 is 23.6 Å². The van der Waals surface area contributed by atoms with Gasteiger partial charge in [-0.25, -0.2) is 19.6 Å². The van der Waals surface area contributed by atoms with E-state index in [1.807, 2.05) is 53.4 Å². The number of hydrogen-bond acceptors (Lipinski definition) is 6. The van der Waals surface area contributed by atoms with Gasteiger partial charge in [0, 0.05) is 31.2 Å². The molecule has 8 heteroatoms. The topological polar surface area (TPSA) is 96.5 Å². The van der Waals surface area contributed by atoms with Gasteiger partial charge in [-0.15, -0.1) is 0 Å². The monoisotopic (exact) mass is 445 g/mol. The van der Waals surface area contributed by atoms with Crippen molar-refractivity contribution in [3.63, 3.8) is 0 Å². The van der Waals surface area contributed by atoms with Gasteiger partial charge >= 0.3 is 12.0 Å². The highest BCUT2D eigenvalue weighted by Crippen LogP contribution is 2.36. The summed E-state index contributed by atoms with van der Waals surface area (Å²) in [6, 6.07) is 19.4. The van der Waals surface area contributed by atoms with Crippen LogP contribution in [0, 0.1) is 0 Å². The van der Waals surface area contributed by atoms with Crippen molar-refractivity contribution in [1.82, 2.24) is 14.9 Å². The van der Waals surface area contributed by atoms with Crippen LogP contribution in [-0.2, 0) is 10.3 Å². The number of rotatable bonds is 6. The van der Waals surface area contributed by atoms with Gasteiger partial charge in [0.15, 0.2) is 0 Å². The Morgan fingerprint density at radius 1 is 0.970 bits per heavy atom. The number of carbonyl (C=O) groups excluding carboxylic acids is 2. The summed E-state index contributed by atoms with van der Waals surface area (Å²) in [6.45, 7) is 3.19. The average Bonchev–Trinajstić information content (AvgIpc) is 2.86. The molecule has 1 aromatic heterocycles. The Bertz CT molecular complexity index is 1070. The van der Waals surface area contributed by atoms with E-state index in [1.54, 1.807) is 6.92 Å². The first-order chi connectivity index (χ1) is 16.1. The standard InChI is InChI=1S/C25H27N5O3/c1-2-33-22(31)19-17-26-23(27-18-19)29-25(20-9-5-3-6-10-20)13-15-30(16-14-25)24(32)28-21-11-7-4-8-12-21/h3-12,17-18H,2,13-16H2,1H3,(H,28,32)(H,26,27,29). The molecule has 1 aliphatic rings. The van der Waals surface area contributed by atoms with Crippen LogP contribution < -0.4 is 10.6 Å². The summed E-state index contributed by atoms with van der Waals surface area (Å²) >= 11 is 0. The molecule has 1 saturated heterocycles. The number of esters is 1. The second-order valence-electron chi connectivity index (χ2n) is 7.87. The number of para-hydroxylation sites is 1. The van der Waals surface area contributed by atoms with E-state index in [9.17, 15) is 9.59 Å². The number of ether oxygens (including phenoxy) is 1. The van der Waals surface area contributed by atoms with Crippen LogP contribution in [0.5, 0.6) is 0 Å². The van der Waals surface area contributed by atoms with Crippen LogP contribution in [0.2, 0.25) is 0 Å². The Balaban J connectivity index is 1.49. The van der Waals surface area contributed by atoms with E-state index in [-0.39, 0.29) is 6.03 Å². The van der Waals surface area contributed by atoms with Crippen molar-refractivity contribution in [3.8, 4) is 0 Å². The summed E-state index contributed by atoms with van der Waals surface area (Å²) in [4.78, 5) is 35.2. The summed E-state index contributed by atoms with van der Waals surface area (Å²) in [7, 11) is 0. The highest BCUT2D eigenvalue weighted by atomic mass is 16.5. The molecular formula is C25H27N5O3. The minimum Gasteiger partial charge on any atom is -0.462 e. The lowest BCUT2D eigenvalue weighted by molar-refractivity contribution is 0.0525. The number of likely N-dealkylation sites (tertiary alicyclic amines) is 1. The molecule has 2 amide bonds. The van der Waals surface area contributed by atoms with Gasteiger partial charge in [-0.1, -0.05) is 48.5 Å². The fourth-order valence-electron chi connectivity index (χ4n) is 3.99. The number of urea groups is 1. The zero-order valence-electron chi connectivity index (χ0n) is 18.5. The van der Waals surface area contributed by atoms with Gasteiger partial charge < -0.3 is 20.3 Å². The van der Waals surface area contributed by atoms with E-state index in [0.717, 1.165) is 11.3 Å². The molecule has 2 N–H and O–H groups in total. The lowest BCUT2D eigenvalue weighted by atomic mass is 9.81. The van der Waals surface area contributed by atoms with Crippen molar-refractivity contribution in [3.05, 3.63) is 84.2 Å². The van der Waals surface area contributed by atoms with E-state index in [2.05, 4.69) is 32.7 Å². The average molecular weight is 446 g/mol. The smallest absolute Gasteiger partial charge is 0.341 e. The summed E-state index contributed by atoms with van der Waals surface area (Å²) in [5.74, 6) is -0.0198. The molecule has 0 unspecified atom stereocenters. The summed E-state index contributed by atoms with van der Waals surface area (Å²) < 4.78 is 5.00. The quantitative estimate of drug-likeness (QED) is 0.550.